The van der Waals surface area contributed by atoms with Gasteiger partial charge in [0, 0.05) is 31.1 Å². The second-order valence-corrected chi connectivity index (χ2v) is 10.0. The van der Waals surface area contributed by atoms with Crippen molar-refractivity contribution < 1.29 is 13.2 Å². The number of thiophene rings is 1. The van der Waals surface area contributed by atoms with Gasteiger partial charge < -0.3 is 9.80 Å². The first-order chi connectivity index (χ1) is 11.2. The summed E-state index contributed by atoms with van der Waals surface area (Å²) >= 11 is 1.22. The lowest BCUT2D eigenvalue weighted by Crippen LogP contribution is -2.54. The van der Waals surface area contributed by atoms with E-state index in [0.29, 0.717) is 19.5 Å². The van der Waals surface area contributed by atoms with Crippen molar-refractivity contribution in [3.63, 3.8) is 0 Å². The van der Waals surface area contributed by atoms with Crippen molar-refractivity contribution in [1.29, 1.82) is 0 Å². The molecule has 0 radical (unpaired) electrons. The van der Waals surface area contributed by atoms with Crippen LogP contribution in [-0.4, -0.2) is 63.4 Å². The smallest absolute Gasteiger partial charge is 0.250 e. The van der Waals surface area contributed by atoms with Crippen LogP contribution < -0.4 is 4.72 Å². The molecule has 0 aliphatic carbocycles. The molecule has 0 bridgehead atoms. The first-order valence-electron chi connectivity index (χ1n) is 8.25. The number of amides is 1. The lowest BCUT2D eigenvalue weighted by atomic mass is 10.0. The Balaban J connectivity index is 2.14. The maximum Gasteiger partial charge on any atom is 0.250 e. The summed E-state index contributed by atoms with van der Waals surface area (Å²) in [6.07, 6.45) is 0.495. The van der Waals surface area contributed by atoms with E-state index in [0.717, 1.165) is 18.0 Å². The van der Waals surface area contributed by atoms with Gasteiger partial charge >= 0.3 is 0 Å². The summed E-state index contributed by atoms with van der Waals surface area (Å²) in [5.74, 6) is 0.104. The SMILES string of the molecule is Cc1ccc(S(=O)(=O)N[C@H](CC(C)C)C(=O)N2CCN(C)CC2)s1. The zero-order valence-corrected chi connectivity index (χ0v) is 16.4. The van der Waals surface area contributed by atoms with Gasteiger partial charge in [0.05, 0.1) is 0 Å². The summed E-state index contributed by atoms with van der Waals surface area (Å²) in [6.45, 7) is 8.77. The van der Waals surface area contributed by atoms with Crippen molar-refractivity contribution in [3.8, 4) is 0 Å². The fourth-order valence-corrected chi connectivity index (χ4v) is 5.22. The molecule has 1 N–H and O–H groups in total. The summed E-state index contributed by atoms with van der Waals surface area (Å²) < 4.78 is 28.1. The van der Waals surface area contributed by atoms with Crippen molar-refractivity contribution in [2.45, 2.75) is 37.4 Å². The molecule has 2 heterocycles. The maximum absolute atomic E-state index is 12.8. The third-order valence-corrected chi connectivity index (χ3v) is 7.06. The Kier molecular flexibility index (Phi) is 6.41. The second-order valence-electron chi connectivity index (χ2n) is 6.80. The number of sulfonamides is 1. The second kappa shape index (κ2) is 7.95. The Hall–Kier alpha value is -0.960. The van der Waals surface area contributed by atoms with Crippen LogP contribution in [0.15, 0.2) is 16.3 Å². The molecule has 8 heteroatoms. The number of aryl methyl sites for hydroxylation is 1. The van der Waals surface area contributed by atoms with Crippen LogP contribution in [0.25, 0.3) is 0 Å². The highest BCUT2D eigenvalue weighted by Gasteiger charge is 2.31. The lowest BCUT2D eigenvalue weighted by molar-refractivity contribution is -0.135. The summed E-state index contributed by atoms with van der Waals surface area (Å²) in [7, 11) is -1.65. The highest BCUT2D eigenvalue weighted by Crippen LogP contribution is 2.22. The third-order valence-electron chi connectivity index (χ3n) is 4.10. The van der Waals surface area contributed by atoms with Crippen LogP contribution >= 0.6 is 11.3 Å². The number of likely N-dealkylation sites (N-methyl/N-ethyl adjacent to an activating group) is 1. The molecule has 1 aromatic rings. The first-order valence-corrected chi connectivity index (χ1v) is 10.5. The number of rotatable bonds is 6. The van der Waals surface area contributed by atoms with Crippen molar-refractivity contribution in [1.82, 2.24) is 14.5 Å². The van der Waals surface area contributed by atoms with Crippen molar-refractivity contribution in [3.05, 3.63) is 17.0 Å². The summed E-state index contributed by atoms with van der Waals surface area (Å²) in [5.41, 5.74) is 0. The number of hydrogen-bond acceptors (Lipinski definition) is 5. The molecular formula is C16H27N3O3S2. The van der Waals surface area contributed by atoms with E-state index >= 15 is 0 Å². The van der Waals surface area contributed by atoms with Crippen LogP contribution in [0.3, 0.4) is 0 Å². The van der Waals surface area contributed by atoms with Gasteiger partial charge in [0.1, 0.15) is 10.3 Å². The molecule has 1 atom stereocenters. The predicted molar refractivity (Wildman–Crippen MR) is 96.7 cm³/mol. The molecule has 0 saturated carbocycles. The van der Waals surface area contributed by atoms with Gasteiger partial charge in [-0.2, -0.15) is 4.72 Å². The summed E-state index contributed by atoms with van der Waals surface area (Å²) in [5, 5.41) is 0. The van der Waals surface area contributed by atoms with E-state index in [4.69, 9.17) is 0 Å². The molecule has 0 aromatic carbocycles. The number of carbonyl (C=O) groups is 1. The highest BCUT2D eigenvalue weighted by molar-refractivity contribution is 7.91. The zero-order valence-electron chi connectivity index (χ0n) is 14.8. The molecule has 1 aliphatic heterocycles. The largest absolute Gasteiger partial charge is 0.339 e. The maximum atomic E-state index is 12.8. The molecule has 0 unspecified atom stereocenters. The normalized spacial score (nSPS) is 18.1. The highest BCUT2D eigenvalue weighted by atomic mass is 32.2. The monoisotopic (exact) mass is 373 g/mol. The average molecular weight is 374 g/mol. The predicted octanol–water partition coefficient (Wildman–Crippen LogP) is 1.52. The van der Waals surface area contributed by atoms with Crippen LogP contribution in [-0.2, 0) is 14.8 Å². The van der Waals surface area contributed by atoms with Gasteiger partial charge in [-0.05, 0) is 38.4 Å². The number of carbonyl (C=O) groups excluding carboxylic acids is 1. The summed E-state index contributed by atoms with van der Waals surface area (Å²) in [4.78, 5) is 17.7. The molecular weight excluding hydrogens is 346 g/mol. The Bertz CT molecular complexity index is 662. The fraction of sp³-hybridized carbons (Fsp3) is 0.688. The average Bonchev–Trinajstić information content (AvgIpc) is 2.93. The minimum atomic E-state index is -3.67. The van der Waals surface area contributed by atoms with Crippen LogP contribution in [0, 0.1) is 12.8 Å². The van der Waals surface area contributed by atoms with Crippen LogP contribution in [0.2, 0.25) is 0 Å². The van der Waals surface area contributed by atoms with Crippen molar-refractivity contribution in [2.75, 3.05) is 33.2 Å². The van der Waals surface area contributed by atoms with Gasteiger partial charge in [-0.25, -0.2) is 8.42 Å². The molecule has 136 valence electrons. The number of piperazine rings is 1. The van der Waals surface area contributed by atoms with Gasteiger partial charge in [0.25, 0.3) is 10.0 Å². The van der Waals surface area contributed by atoms with E-state index in [1.165, 1.54) is 11.3 Å². The molecule has 1 aliphatic rings. The molecule has 6 nitrogen and oxygen atoms in total. The Morgan fingerprint density at radius 3 is 2.38 bits per heavy atom. The third kappa shape index (κ3) is 5.02. The van der Waals surface area contributed by atoms with Gasteiger partial charge in [0.15, 0.2) is 0 Å². The van der Waals surface area contributed by atoms with Gasteiger partial charge in [0.2, 0.25) is 5.91 Å². The molecule has 1 amide bonds. The van der Waals surface area contributed by atoms with Crippen molar-refractivity contribution in [2.24, 2.45) is 5.92 Å². The van der Waals surface area contributed by atoms with Crippen LogP contribution in [0.4, 0.5) is 0 Å². The first kappa shape index (κ1) is 19.4. The Morgan fingerprint density at radius 1 is 1.25 bits per heavy atom. The van der Waals surface area contributed by atoms with E-state index < -0.39 is 16.1 Å². The molecule has 1 fully saturated rings. The van der Waals surface area contributed by atoms with Crippen LogP contribution in [0.5, 0.6) is 0 Å². The van der Waals surface area contributed by atoms with E-state index in [1.807, 2.05) is 27.8 Å². The molecule has 0 spiro atoms. The van der Waals surface area contributed by atoms with Gasteiger partial charge in [-0.15, -0.1) is 11.3 Å². The van der Waals surface area contributed by atoms with Crippen LogP contribution in [0.1, 0.15) is 25.1 Å². The fourth-order valence-electron chi connectivity index (χ4n) is 2.72. The Labute approximate surface area is 148 Å². The molecule has 2 rings (SSSR count). The standard InChI is InChI=1S/C16H27N3O3S2/c1-12(2)11-14(16(20)19-9-7-18(4)8-10-19)17-24(21,22)15-6-5-13(3)23-15/h5-6,12,14,17H,7-11H2,1-4H3/t14-/m1/s1. The minimum Gasteiger partial charge on any atom is -0.339 e. The number of nitrogens with one attached hydrogen (secondary N) is 1. The number of nitrogens with zero attached hydrogens (tertiary/aromatic N) is 2. The minimum absolute atomic E-state index is 0.117. The zero-order chi connectivity index (χ0) is 17.9. The molecule has 1 saturated heterocycles. The molecule has 1 aromatic heterocycles. The topological polar surface area (TPSA) is 69.7 Å². The molecule has 24 heavy (non-hydrogen) atoms. The van der Waals surface area contributed by atoms with Gasteiger partial charge in [-0.3, -0.25) is 4.79 Å². The quantitative estimate of drug-likeness (QED) is 0.821. The van der Waals surface area contributed by atoms with Gasteiger partial charge in [-0.1, -0.05) is 13.8 Å². The number of hydrogen-bond donors (Lipinski definition) is 1. The van der Waals surface area contributed by atoms with Crippen molar-refractivity contribution >= 4 is 27.3 Å². The van der Waals surface area contributed by atoms with E-state index in [2.05, 4.69) is 9.62 Å². The van der Waals surface area contributed by atoms with E-state index in [-0.39, 0.29) is 16.0 Å². The summed E-state index contributed by atoms with van der Waals surface area (Å²) in [6, 6.07) is 2.66. The van der Waals surface area contributed by atoms with E-state index in [9.17, 15) is 13.2 Å². The Morgan fingerprint density at radius 2 is 1.88 bits per heavy atom. The lowest BCUT2D eigenvalue weighted by Gasteiger charge is -2.35. The van der Waals surface area contributed by atoms with E-state index in [1.54, 1.807) is 17.0 Å².